The molecule has 0 unspecified atom stereocenters. The first kappa shape index (κ1) is 33.5. The van der Waals surface area contributed by atoms with Crippen molar-refractivity contribution in [1.29, 1.82) is 0 Å². The summed E-state index contributed by atoms with van der Waals surface area (Å²) in [6.45, 7) is 2.81. The van der Waals surface area contributed by atoms with Crippen molar-refractivity contribution in [1.82, 2.24) is 5.32 Å². The summed E-state index contributed by atoms with van der Waals surface area (Å²) in [5.74, 6) is -1.06. The number of carbonyl (C=O) groups is 4. The van der Waals surface area contributed by atoms with Crippen molar-refractivity contribution < 1.29 is 38.2 Å². The van der Waals surface area contributed by atoms with Gasteiger partial charge < -0.3 is 29.6 Å². The zero-order chi connectivity index (χ0) is 32.7. The third kappa shape index (κ3) is 10.7. The number of carbonyl (C=O) groups excluding carboxylic acids is 3. The van der Waals surface area contributed by atoms with E-state index in [4.69, 9.17) is 13.9 Å². The van der Waals surface area contributed by atoms with Gasteiger partial charge in [-0.15, -0.1) is 0 Å². The third-order valence-electron chi connectivity index (χ3n) is 7.13. The molecule has 0 saturated heterocycles. The molecule has 3 aromatic carbocycles. The summed E-state index contributed by atoms with van der Waals surface area (Å²) >= 11 is 0. The number of carboxylic acids is 1. The van der Waals surface area contributed by atoms with E-state index in [9.17, 15) is 24.3 Å². The average Bonchev–Trinajstić information content (AvgIpc) is 3.56. The largest absolute Gasteiger partial charge is 0.494 e. The maximum Gasteiger partial charge on any atom is 0.343 e. The molecular formula is C36H38N2O8. The monoisotopic (exact) mass is 626 g/mol. The van der Waals surface area contributed by atoms with Crippen LogP contribution in [-0.2, 0) is 22.4 Å². The van der Waals surface area contributed by atoms with Gasteiger partial charge in [-0.3, -0.25) is 9.59 Å². The molecule has 2 amide bonds. The number of anilines is 1. The maximum atomic E-state index is 12.8. The van der Waals surface area contributed by atoms with Gasteiger partial charge in [-0.25, -0.2) is 9.59 Å². The van der Waals surface area contributed by atoms with E-state index in [-0.39, 0.29) is 24.3 Å². The van der Waals surface area contributed by atoms with Crippen LogP contribution in [0.5, 0.6) is 11.5 Å². The van der Waals surface area contributed by atoms with Crippen molar-refractivity contribution in [2.75, 3.05) is 11.9 Å². The molecule has 10 nitrogen and oxygen atoms in total. The Morgan fingerprint density at radius 2 is 1.48 bits per heavy atom. The number of unbranched alkanes of at least 4 members (excludes halogenated alkanes) is 4. The maximum absolute atomic E-state index is 12.8. The number of nitrogens with one attached hydrogen (secondary N) is 2. The normalized spacial score (nSPS) is 11.3. The quantitative estimate of drug-likeness (QED) is 0.0689. The molecule has 0 radical (unpaired) electrons. The molecule has 0 bridgehead atoms. The van der Waals surface area contributed by atoms with Gasteiger partial charge in [0.25, 0.3) is 5.91 Å². The van der Waals surface area contributed by atoms with Crippen LogP contribution in [0.2, 0.25) is 0 Å². The Bertz CT molecular complexity index is 1560. The highest BCUT2D eigenvalue weighted by Crippen LogP contribution is 2.18. The molecule has 0 saturated carbocycles. The molecule has 10 heteroatoms. The van der Waals surface area contributed by atoms with Crippen molar-refractivity contribution in [3.63, 3.8) is 0 Å². The third-order valence-corrected chi connectivity index (χ3v) is 7.13. The van der Waals surface area contributed by atoms with Gasteiger partial charge in [-0.2, -0.15) is 0 Å². The van der Waals surface area contributed by atoms with Crippen molar-refractivity contribution in [3.8, 4) is 11.5 Å². The molecule has 1 atom stereocenters. The van der Waals surface area contributed by atoms with Gasteiger partial charge in [0.15, 0.2) is 0 Å². The van der Waals surface area contributed by atoms with Gasteiger partial charge in [0.1, 0.15) is 23.3 Å². The van der Waals surface area contributed by atoms with Crippen LogP contribution >= 0.6 is 0 Å². The lowest BCUT2D eigenvalue weighted by Crippen LogP contribution is -2.42. The van der Waals surface area contributed by atoms with Crippen molar-refractivity contribution in [3.05, 3.63) is 114 Å². The van der Waals surface area contributed by atoms with E-state index in [2.05, 4.69) is 17.6 Å². The minimum atomic E-state index is -1.20. The lowest BCUT2D eigenvalue weighted by Gasteiger charge is -2.15. The highest BCUT2D eigenvalue weighted by atomic mass is 16.5. The molecule has 0 aliphatic heterocycles. The Morgan fingerprint density at radius 1 is 0.804 bits per heavy atom. The number of amides is 2. The summed E-state index contributed by atoms with van der Waals surface area (Å²) in [5.41, 5.74) is 1.72. The van der Waals surface area contributed by atoms with Crippen LogP contribution < -0.4 is 20.1 Å². The number of furan rings is 1. The minimum Gasteiger partial charge on any atom is -0.494 e. The SMILES string of the molecule is CCCCCCCOc1ccc(C(=O)Oc2ccc(C[C@H](NC(=O)c3ccc(NC(=O)Cc4ccco4)cc3)C(=O)O)cc2)cc1. The second-order valence-corrected chi connectivity index (χ2v) is 10.8. The fourth-order valence-corrected chi connectivity index (χ4v) is 4.60. The smallest absolute Gasteiger partial charge is 0.343 e. The zero-order valence-electron chi connectivity index (χ0n) is 25.7. The molecule has 0 spiro atoms. The van der Waals surface area contributed by atoms with E-state index in [1.54, 1.807) is 72.8 Å². The number of ether oxygens (including phenoxy) is 2. The van der Waals surface area contributed by atoms with Crippen molar-refractivity contribution in [2.24, 2.45) is 0 Å². The lowest BCUT2D eigenvalue weighted by atomic mass is 10.0. The van der Waals surface area contributed by atoms with E-state index in [0.29, 0.717) is 40.7 Å². The fourth-order valence-electron chi connectivity index (χ4n) is 4.60. The summed E-state index contributed by atoms with van der Waals surface area (Å²) < 4.78 is 16.4. The van der Waals surface area contributed by atoms with Crippen LogP contribution in [0.1, 0.15) is 71.1 Å². The number of aliphatic carboxylic acids is 1. The molecule has 3 N–H and O–H groups in total. The summed E-state index contributed by atoms with van der Waals surface area (Å²) in [6.07, 6.45) is 7.33. The van der Waals surface area contributed by atoms with E-state index >= 15 is 0 Å². The van der Waals surface area contributed by atoms with Crippen LogP contribution in [0.25, 0.3) is 0 Å². The molecule has 240 valence electrons. The Balaban J connectivity index is 1.24. The first-order valence-electron chi connectivity index (χ1n) is 15.3. The average molecular weight is 627 g/mol. The second-order valence-electron chi connectivity index (χ2n) is 10.8. The molecule has 0 fully saturated rings. The van der Waals surface area contributed by atoms with Gasteiger partial charge in [-0.05, 0) is 84.8 Å². The first-order chi connectivity index (χ1) is 22.3. The topological polar surface area (TPSA) is 144 Å². The van der Waals surface area contributed by atoms with Gasteiger partial charge in [0.05, 0.1) is 24.9 Å². The number of carboxylic acid groups (broad SMARTS) is 1. The van der Waals surface area contributed by atoms with Gasteiger partial charge >= 0.3 is 11.9 Å². The second kappa shape index (κ2) is 17.2. The van der Waals surface area contributed by atoms with Crippen LogP contribution in [0.15, 0.2) is 95.6 Å². The first-order valence-corrected chi connectivity index (χ1v) is 15.3. The number of rotatable bonds is 17. The zero-order valence-corrected chi connectivity index (χ0v) is 25.7. The molecule has 1 aromatic heterocycles. The van der Waals surface area contributed by atoms with Crippen molar-refractivity contribution in [2.45, 2.75) is 57.9 Å². The molecule has 46 heavy (non-hydrogen) atoms. The molecule has 4 aromatic rings. The van der Waals surface area contributed by atoms with E-state index in [1.807, 2.05) is 0 Å². The number of esters is 1. The highest BCUT2D eigenvalue weighted by molar-refractivity contribution is 5.98. The molecule has 4 rings (SSSR count). The van der Waals surface area contributed by atoms with Crippen molar-refractivity contribution >= 4 is 29.4 Å². The lowest BCUT2D eigenvalue weighted by molar-refractivity contribution is -0.139. The van der Waals surface area contributed by atoms with E-state index in [0.717, 1.165) is 12.8 Å². The summed E-state index contributed by atoms with van der Waals surface area (Å²) in [5, 5.41) is 15.0. The van der Waals surface area contributed by atoms with Gasteiger partial charge in [-0.1, -0.05) is 44.7 Å². The standard InChI is InChI=1S/C36H38N2O8/c1-2-3-4-5-6-21-44-29-19-13-27(14-20-29)36(43)46-30-17-9-25(10-18-30)23-32(35(41)42)38-34(40)26-11-15-28(16-12-26)37-33(39)24-31-8-7-22-45-31/h7-20,22,32H,2-6,21,23-24H2,1H3,(H,37,39)(H,38,40)(H,41,42)/t32-/m0/s1. The Labute approximate surface area is 267 Å². The van der Waals surface area contributed by atoms with Gasteiger partial charge in [0, 0.05) is 17.7 Å². The predicted molar refractivity (Wildman–Crippen MR) is 172 cm³/mol. The highest BCUT2D eigenvalue weighted by Gasteiger charge is 2.21. The minimum absolute atomic E-state index is 0.0102. The molecule has 0 aliphatic rings. The molecular weight excluding hydrogens is 588 g/mol. The molecule has 0 aliphatic carbocycles. The van der Waals surface area contributed by atoms with E-state index < -0.39 is 23.9 Å². The number of hydrogen-bond acceptors (Lipinski definition) is 7. The van der Waals surface area contributed by atoms with Crippen LogP contribution in [-0.4, -0.2) is 41.5 Å². The summed E-state index contributed by atoms with van der Waals surface area (Å²) in [7, 11) is 0. The Hall–Kier alpha value is -5.38. The Kier molecular flexibility index (Phi) is 12.5. The van der Waals surface area contributed by atoms with Crippen LogP contribution in [0, 0.1) is 0 Å². The predicted octanol–water partition coefficient (Wildman–Crippen LogP) is 6.45. The van der Waals surface area contributed by atoms with Crippen LogP contribution in [0.4, 0.5) is 5.69 Å². The summed E-state index contributed by atoms with van der Waals surface area (Å²) in [6, 6.07) is 21.5. The van der Waals surface area contributed by atoms with Gasteiger partial charge in [0.2, 0.25) is 5.91 Å². The Morgan fingerprint density at radius 3 is 2.13 bits per heavy atom. The number of benzene rings is 3. The fraction of sp³-hybridized carbons (Fsp3) is 0.278. The summed E-state index contributed by atoms with van der Waals surface area (Å²) in [4.78, 5) is 49.5. The van der Waals surface area contributed by atoms with E-state index in [1.165, 1.54) is 37.7 Å². The number of hydrogen-bond donors (Lipinski definition) is 3. The molecule has 1 heterocycles. The van der Waals surface area contributed by atoms with Crippen LogP contribution in [0.3, 0.4) is 0 Å².